The van der Waals surface area contributed by atoms with Crippen LogP contribution >= 0.6 is 0 Å². The van der Waals surface area contributed by atoms with E-state index in [0.717, 1.165) is 53.9 Å². The molecule has 1 fully saturated rings. The molecule has 2 aromatic carbocycles. The van der Waals surface area contributed by atoms with Crippen LogP contribution in [0.2, 0.25) is 0 Å². The van der Waals surface area contributed by atoms with Gasteiger partial charge in [0.1, 0.15) is 5.75 Å². The molecule has 7 nitrogen and oxygen atoms in total. The lowest BCUT2D eigenvalue weighted by Gasteiger charge is -2.17. The molecule has 33 heavy (non-hydrogen) atoms. The standard InChI is InChI=1S/C26H33N5O2/c1-19-8-9-23(25(14-19)33-18-21-11-13-32-17-21)16-29-26(27-3)28-15-22-6-4-5-7-24(22)31-12-10-20(2)30-31/h4-10,12,14,21H,11,13,15-18H2,1-3H3,(H2,27,28,29). The molecule has 0 radical (unpaired) electrons. The van der Waals surface area contributed by atoms with E-state index in [-0.39, 0.29) is 0 Å². The maximum Gasteiger partial charge on any atom is 0.191 e. The minimum Gasteiger partial charge on any atom is -0.493 e. The first-order valence-electron chi connectivity index (χ1n) is 11.5. The van der Waals surface area contributed by atoms with Gasteiger partial charge >= 0.3 is 0 Å². The van der Waals surface area contributed by atoms with Crippen molar-refractivity contribution in [3.63, 3.8) is 0 Å². The van der Waals surface area contributed by atoms with Gasteiger partial charge in [0.05, 0.1) is 24.6 Å². The molecule has 0 amide bonds. The topological polar surface area (TPSA) is 72.7 Å². The zero-order valence-corrected chi connectivity index (χ0v) is 19.7. The molecule has 0 aliphatic carbocycles. The second-order valence-corrected chi connectivity index (χ2v) is 8.46. The van der Waals surface area contributed by atoms with Crippen LogP contribution in [0.1, 0.15) is 28.8 Å². The van der Waals surface area contributed by atoms with E-state index in [1.165, 1.54) is 5.56 Å². The fraction of sp³-hybridized carbons (Fsp3) is 0.385. The van der Waals surface area contributed by atoms with Gasteiger partial charge in [-0.25, -0.2) is 4.68 Å². The van der Waals surface area contributed by atoms with Gasteiger partial charge in [-0.2, -0.15) is 5.10 Å². The average Bonchev–Trinajstić information content (AvgIpc) is 3.51. The highest BCUT2D eigenvalue weighted by molar-refractivity contribution is 5.79. The summed E-state index contributed by atoms with van der Waals surface area (Å²) in [6.45, 7) is 7.64. The van der Waals surface area contributed by atoms with Crippen molar-refractivity contribution in [2.24, 2.45) is 10.9 Å². The van der Waals surface area contributed by atoms with Crippen molar-refractivity contribution in [2.45, 2.75) is 33.4 Å². The van der Waals surface area contributed by atoms with Crippen molar-refractivity contribution < 1.29 is 9.47 Å². The van der Waals surface area contributed by atoms with Gasteiger partial charge in [-0.3, -0.25) is 4.99 Å². The van der Waals surface area contributed by atoms with E-state index in [0.29, 0.717) is 25.6 Å². The lowest BCUT2D eigenvalue weighted by atomic mass is 10.1. The van der Waals surface area contributed by atoms with Crippen molar-refractivity contribution in [1.82, 2.24) is 20.4 Å². The molecule has 174 valence electrons. The number of nitrogens with zero attached hydrogens (tertiary/aromatic N) is 3. The van der Waals surface area contributed by atoms with E-state index in [9.17, 15) is 0 Å². The van der Waals surface area contributed by atoms with Gasteiger partial charge in [-0.1, -0.05) is 30.3 Å². The number of aryl methyl sites for hydroxylation is 2. The molecule has 0 saturated carbocycles. The van der Waals surface area contributed by atoms with E-state index in [1.807, 2.05) is 36.0 Å². The Kier molecular flexibility index (Phi) is 7.62. The predicted molar refractivity (Wildman–Crippen MR) is 131 cm³/mol. The maximum atomic E-state index is 6.17. The molecular weight excluding hydrogens is 414 g/mol. The number of nitrogens with one attached hydrogen (secondary N) is 2. The number of benzene rings is 2. The minimum absolute atomic E-state index is 0.472. The number of ether oxygens (including phenoxy) is 2. The summed E-state index contributed by atoms with van der Waals surface area (Å²) in [6.07, 6.45) is 3.05. The molecule has 1 unspecified atom stereocenters. The van der Waals surface area contributed by atoms with Gasteiger partial charge in [0.15, 0.2) is 5.96 Å². The Morgan fingerprint density at radius 2 is 1.94 bits per heavy atom. The molecule has 1 aliphatic heterocycles. The molecule has 0 bridgehead atoms. The summed E-state index contributed by atoms with van der Waals surface area (Å²) in [5, 5.41) is 11.4. The lowest BCUT2D eigenvalue weighted by Crippen LogP contribution is -2.36. The Balaban J connectivity index is 1.37. The van der Waals surface area contributed by atoms with E-state index in [2.05, 4.69) is 58.0 Å². The fourth-order valence-electron chi connectivity index (χ4n) is 3.88. The molecule has 0 spiro atoms. The van der Waals surface area contributed by atoms with Crippen LogP contribution < -0.4 is 15.4 Å². The minimum atomic E-state index is 0.472. The lowest BCUT2D eigenvalue weighted by molar-refractivity contribution is 0.166. The molecule has 1 atom stereocenters. The first-order valence-corrected chi connectivity index (χ1v) is 11.5. The highest BCUT2D eigenvalue weighted by Gasteiger charge is 2.17. The summed E-state index contributed by atoms with van der Waals surface area (Å²) in [7, 11) is 1.78. The summed E-state index contributed by atoms with van der Waals surface area (Å²) >= 11 is 0. The Bertz CT molecular complexity index is 1090. The van der Waals surface area contributed by atoms with Crippen LogP contribution in [0, 0.1) is 19.8 Å². The Hall–Kier alpha value is -3.32. The van der Waals surface area contributed by atoms with Gasteiger partial charge < -0.3 is 20.1 Å². The van der Waals surface area contributed by atoms with Crippen molar-refractivity contribution in [3.8, 4) is 11.4 Å². The molecule has 4 rings (SSSR count). The Morgan fingerprint density at radius 3 is 2.67 bits per heavy atom. The van der Waals surface area contributed by atoms with Crippen LogP contribution in [-0.2, 0) is 17.8 Å². The third-order valence-electron chi connectivity index (χ3n) is 5.80. The summed E-state index contributed by atoms with van der Waals surface area (Å²) in [6, 6.07) is 16.6. The van der Waals surface area contributed by atoms with Crippen molar-refractivity contribution in [1.29, 1.82) is 0 Å². The SMILES string of the molecule is CN=C(NCc1ccc(C)cc1OCC1CCOC1)NCc1ccccc1-n1ccc(C)n1. The first-order chi connectivity index (χ1) is 16.1. The van der Waals surface area contributed by atoms with Crippen LogP contribution in [0.4, 0.5) is 0 Å². The van der Waals surface area contributed by atoms with E-state index in [4.69, 9.17) is 9.47 Å². The van der Waals surface area contributed by atoms with Crippen LogP contribution in [0.15, 0.2) is 59.7 Å². The maximum absolute atomic E-state index is 6.17. The molecule has 1 aliphatic rings. The van der Waals surface area contributed by atoms with Gasteiger partial charge in [0.25, 0.3) is 0 Å². The van der Waals surface area contributed by atoms with Crippen molar-refractivity contribution >= 4 is 5.96 Å². The molecule has 3 aromatic rings. The second-order valence-electron chi connectivity index (χ2n) is 8.46. The molecule has 2 heterocycles. The Morgan fingerprint density at radius 1 is 1.12 bits per heavy atom. The summed E-state index contributed by atoms with van der Waals surface area (Å²) in [5.74, 6) is 2.13. The smallest absolute Gasteiger partial charge is 0.191 e. The van der Waals surface area contributed by atoms with Crippen LogP contribution in [0.3, 0.4) is 0 Å². The average molecular weight is 448 g/mol. The van der Waals surface area contributed by atoms with Crippen molar-refractivity contribution in [2.75, 3.05) is 26.9 Å². The van der Waals surface area contributed by atoms with Crippen LogP contribution in [0.25, 0.3) is 5.69 Å². The zero-order valence-electron chi connectivity index (χ0n) is 19.7. The van der Waals surface area contributed by atoms with Crippen molar-refractivity contribution in [3.05, 3.63) is 77.1 Å². The fourth-order valence-corrected chi connectivity index (χ4v) is 3.88. The summed E-state index contributed by atoms with van der Waals surface area (Å²) in [4.78, 5) is 4.40. The Labute approximate surface area is 195 Å². The predicted octanol–water partition coefficient (Wildman–Crippen LogP) is 3.77. The summed E-state index contributed by atoms with van der Waals surface area (Å²) < 4.78 is 13.6. The number of guanidine groups is 1. The number of aliphatic imine (C=N–C) groups is 1. The molecule has 7 heteroatoms. The van der Waals surface area contributed by atoms with E-state index < -0.39 is 0 Å². The molecule has 2 N–H and O–H groups in total. The van der Waals surface area contributed by atoms with Gasteiger partial charge in [-0.05, 0) is 49.6 Å². The number of aromatic nitrogens is 2. The normalized spacial score (nSPS) is 16.1. The quantitative estimate of drug-likeness (QED) is 0.406. The highest BCUT2D eigenvalue weighted by atomic mass is 16.5. The summed E-state index contributed by atoms with van der Waals surface area (Å²) in [5.41, 5.74) is 5.48. The monoisotopic (exact) mass is 447 g/mol. The number of para-hydroxylation sites is 1. The van der Waals surface area contributed by atoms with E-state index in [1.54, 1.807) is 7.05 Å². The zero-order chi connectivity index (χ0) is 23.0. The number of hydrogen-bond acceptors (Lipinski definition) is 4. The van der Waals surface area contributed by atoms with E-state index >= 15 is 0 Å². The van der Waals surface area contributed by atoms with Gasteiger partial charge in [0, 0.05) is 44.4 Å². The largest absolute Gasteiger partial charge is 0.493 e. The highest BCUT2D eigenvalue weighted by Crippen LogP contribution is 2.23. The van der Waals surface area contributed by atoms with Crippen LogP contribution in [0.5, 0.6) is 5.75 Å². The molecule has 1 saturated heterocycles. The third-order valence-corrected chi connectivity index (χ3v) is 5.80. The molecule has 1 aromatic heterocycles. The van der Waals surface area contributed by atoms with Crippen LogP contribution in [-0.4, -0.2) is 42.6 Å². The van der Waals surface area contributed by atoms with Gasteiger partial charge in [-0.15, -0.1) is 0 Å². The molecular formula is C26H33N5O2. The first kappa shape index (κ1) is 22.9. The second kappa shape index (κ2) is 11.0. The number of hydrogen-bond donors (Lipinski definition) is 2. The third kappa shape index (κ3) is 6.14. The van der Waals surface area contributed by atoms with Gasteiger partial charge in [0.2, 0.25) is 0 Å². The number of rotatable bonds is 8.